The maximum Gasteiger partial charge on any atom is 0.356 e. The van der Waals surface area contributed by atoms with Gasteiger partial charge in [0.15, 0.2) is 17.3 Å². The van der Waals surface area contributed by atoms with Gasteiger partial charge in [-0.1, -0.05) is 0 Å². The van der Waals surface area contributed by atoms with Gasteiger partial charge in [-0.3, -0.25) is 0 Å². The highest BCUT2D eigenvalue weighted by Crippen LogP contribution is 2.31. The van der Waals surface area contributed by atoms with Crippen molar-refractivity contribution in [3.63, 3.8) is 0 Å². The van der Waals surface area contributed by atoms with Gasteiger partial charge in [0.2, 0.25) is 0 Å². The van der Waals surface area contributed by atoms with E-state index >= 15 is 0 Å². The number of carbonyl (C=O) groups is 1. The van der Waals surface area contributed by atoms with E-state index < -0.39 is 11.8 Å². The Kier molecular flexibility index (Phi) is 4.26. The Hall–Kier alpha value is -2.37. The van der Waals surface area contributed by atoms with Gasteiger partial charge in [-0.2, -0.15) is 0 Å². The molecule has 0 radical (unpaired) electrons. The molecule has 0 aliphatic rings. The number of nitrogens with zero attached hydrogens (tertiary/aromatic N) is 1. The smallest absolute Gasteiger partial charge is 0.356 e. The largest absolute Gasteiger partial charge is 0.494 e. The molecule has 0 bridgehead atoms. The van der Waals surface area contributed by atoms with Crippen molar-refractivity contribution in [2.45, 2.75) is 20.0 Å². The van der Waals surface area contributed by atoms with Crippen LogP contribution in [-0.4, -0.2) is 31.3 Å². The number of hydrogen-bond acceptors (Lipinski definition) is 5. The van der Waals surface area contributed by atoms with Gasteiger partial charge in [0.25, 0.3) is 0 Å². The van der Waals surface area contributed by atoms with E-state index in [-0.39, 0.29) is 17.5 Å². The number of esters is 1. The molecule has 0 atom stereocenters. The number of carbonyl (C=O) groups excluding carboxylic acids is 1. The van der Waals surface area contributed by atoms with Gasteiger partial charge in [0.1, 0.15) is 5.75 Å². The Morgan fingerprint density at radius 2 is 1.90 bits per heavy atom. The van der Waals surface area contributed by atoms with Crippen LogP contribution in [0.15, 0.2) is 18.2 Å². The number of methoxy groups -OCH3 is 2. The van der Waals surface area contributed by atoms with E-state index in [9.17, 15) is 9.18 Å². The molecule has 1 aromatic heterocycles. The van der Waals surface area contributed by atoms with Crippen LogP contribution in [0.4, 0.5) is 4.39 Å². The summed E-state index contributed by atoms with van der Waals surface area (Å²) in [6, 6.07) is 4.18. The lowest BCUT2D eigenvalue weighted by Crippen LogP contribution is -2.10. The van der Waals surface area contributed by atoms with Crippen LogP contribution in [0, 0.1) is 5.82 Å². The van der Waals surface area contributed by atoms with E-state index in [1.807, 2.05) is 13.8 Å². The van der Waals surface area contributed by atoms with Crippen molar-refractivity contribution < 1.29 is 23.4 Å². The monoisotopic (exact) mass is 293 g/mol. The predicted octanol–water partition coefficient (Wildman–Crippen LogP) is 2.96. The molecule has 5 nitrogen and oxygen atoms in total. The molecule has 0 fully saturated rings. The Balaban J connectivity index is 2.71. The fourth-order valence-electron chi connectivity index (χ4n) is 1.91. The fourth-order valence-corrected chi connectivity index (χ4v) is 1.91. The number of ether oxygens (including phenoxy) is 3. The van der Waals surface area contributed by atoms with Gasteiger partial charge in [-0.15, -0.1) is 0 Å². The summed E-state index contributed by atoms with van der Waals surface area (Å²) in [5.41, 5.74) is 0.358. The van der Waals surface area contributed by atoms with Gasteiger partial charge >= 0.3 is 5.97 Å². The number of rotatable bonds is 4. The van der Waals surface area contributed by atoms with Crippen LogP contribution >= 0.6 is 0 Å². The molecule has 0 aliphatic carbocycles. The van der Waals surface area contributed by atoms with Crippen LogP contribution in [-0.2, 0) is 4.74 Å². The van der Waals surface area contributed by atoms with Crippen LogP contribution < -0.4 is 9.47 Å². The highest BCUT2D eigenvalue weighted by Gasteiger charge is 2.16. The molecule has 6 heteroatoms. The standard InChI is InChI=1S/C15H16FNO4/c1-8(2)21-13-7-12(15(18)20-4)17-11-6-10(16)14(19-3)5-9(11)13/h5-8H,1-4H3. The van der Waals surface area contributed by atoms with Crippen molar-refractivity contribution >= 4 is 16.9 Å². The minimum atomic E-state index is -0.610. The van der Waals surface area contributed by atoms with Crippen molar-refractivity contribution in [3.05, 3.63) is 29.7 Å². The van der Waals surface area contributed by atoms with Crippen LogP contribution in [0.5, 0.6) is 11.5 Å². The number of hydrogen-bond donors (Lipinski definition) is 0. The lowest BCUT2D eigenvalue weighted by atomic mass is 10.1. The Morgan fingerprint density at radius 3 is 2.48 bits per heavy atom. The van der Waals surface area contributed by atoms with Gasteiger partial charge in [0.05, 0.1) is 25.8 Å². The zero-order valence-electron chi connectivity index (χ0n) is 12.3. The first-order valence-electron chi connectivity index (χ1n) is 6.39. The summed E-state index contributed by atoms with van der Waals surface area (Å²) >= 11 is 0. The SMILES string of the molecule is COC(=O)c1cc(OC(C)C)c2cc(OC)c(F)cc2n1. The summed E-state index contributed by atoms with van der Waals surface area (Å²) in [6.07, 6.45) is -0.114. The minimum Gasteiger partial charge on any atom is -0.494 e. The maximum atomic E-state index is 13.8. The average molecular weight is 293 g/mol. The second-order valence-corrected chi connectivity index (χ2v) is 4.67. The van der Waals surface area contributed by atoms with Gasteiger partial charge < -0.3 is 14.2 Å². The van der Waals surface area contributed by atoms with E-state index in [0.717, 1.165) is 0 Å². The van der Waals surface area contributed by atoms with Crippen LogP contribution in [0.25, 0.3) is 10.9 Å². The Labute approximate surface area is 121 Å². The van der Waals surface area contributed by atoms with Crippen molar-refractivity contribution in [3.8, 4) is 11.5 Å². The quantitative estimate of drug-likeness (QED) is 0.811. The minimum absolute atomic E-state index is 0.0604. The third kappa shape index (κ3) is 3.04. The molecule has 0 amide bonds. The molecule has 112 valence electrons. The molecule has 2 rings (SSSR count). The summed E-state index contributed by atoms with van der Waals surface area (Å²) in [5.74, 6) is -0.658. The summed E-state index contributed by atoms with van der Waals surface area (Å²) < 4.78 is 29.1. The number of benzene rings is 1. The summed E-state index contributed by atoms with van der Waals surface area (Å²) in [7, 11) is 2.63. The second-order valence-electron chi connectivity index (χ2n) is 4.67. The van der Waals surface area contributed by atoms with Crippen molar-refractivity contribution in [2.24, 2.45) is 0 Å². The summed E-state index contributed by atoms with van der Waals surface area (Å²) in [6.45, 7) is 3.70. The number of halogens is 1. The van der Waals surface area contributed by atoms with Gasteiger partial charge in [-0.05, 0) is 19.9 Å². The molecule has 21 heavy (non-hydrogen) atoms. The molecular formula is C15H16FNO4. The Morgan fingerprint density at radius 1 is 1.19 bits per heavy atom. The van der Waals surface area contributed by atoms with E-state index in [1.54, 1.807) is 0 Å². The van der Waals surface area contributed by atoms with Crippen molar-refractivity contribution in [1.82, 2.24) is 4.98 Å². The van der Waals surface area contributed by atoms with Gasteiger partial charge in [-0.25, -0.2) is 14.2 Å². The first-order chi connectivity index (χ1) is 9.96. The lowest BCUT2D eigenvalue weighted by Gasteiger charge is -2.14. The third-order valence-corrected chi connectivity index (χ3v) is 2.80. The first-order valence-corrected chi connectivity index (χ1v) is 6.39. The van der Waals surface area contributed by atoms with E-state index in [0.29, 0.717) is 16.7 Å². The average Bonchev–Trinajstić information content (AvgIpc) is 2.44. The normalized spacial score (nSPS) is 10.8. The molecule has 0 unspecified atom stereocenters. The lowest BCUT2D eigenvalue weighted by molar-refractivity contribution is 0.0593. The number of pyridine rings is 1. The van der Waals surface area contributed by atoms with Crippen molar-refractivity contribution in [2.75, 3.05) is 14.2 Å². The molecule has 1 aromatic carbocycles. The molecule has 1 heterocycles. The van der Waals surface area contributed by atoms with Crippen LogP contribution in [0.2, 0.25) is 0 Å². The molecular weight excluding hydrogens is 277 g/mol. The van der Waals surface area contributed by atoms with E-state index in [1.165, 1.54) is 32.4 Å². The number of fused-ring (bicyclic) bond motifs is 1. The third-order valence-electron chi connectivity index (χ3n) is 2.80. The summed E-state index contributed by atoms with van der Waals surface area (Å²) in [5, 5.41) is 0.564. The molecule has 0 saturated heterocycles. The highest BCUT2D eigenvalue weighted by molar-refractivity contribution is 5.94. The Bertz CT molecular complexity index is 685. The molecule has 0 N–H and O–H groups in total. The highest BCUT2D eigenvalue weighted by atomic mass is 19.1. The van der Waals surface area contributed by atoms with Crippen molar-refractivity contribution in [1.29, 1.82) is 0 Å². The first kappa shape index (κ1) is 15.0. The maximum absolute atomic E-state index is 13.8. The van der Waals surface area contributed by atoms with E-state index in [2.05, 4.69) is 9.72 Å². The van der Waals surface area contributed by atoms with Crippen LogP contribution in [0.3, 0.4) is 0 Å². The second kappa shape index (κ2) is 5.95. The summed E-state index contributed by atoms with van der Waals surface area (Å²) in [4.78, 5) is 15.7. The van der Waals surface area contributed by atoms with Gasteiger partial charge in [0, 0.05) is 17.5 Å². The zero-order chi connectivity index (χ0) is 15.6. The molecule has 0 aliphatic heterocycles. The topological polar surface area (TPSA) is 57.7 Å². The number of aromatic nitrogens is 1. The fraction of sp³-hybridized carbons (Fsp3) is 0.333. The molecule has 0 saturated carbocycles. The molecule has 2 aromatic rings. The zero-order valence-corrected chi connectivity index (χ0v) is 12.3. The predicted molar refractivity (Wildman–Crippen MR) is 75.4 cm³/mol. The molecule has 0 spiro atoms. The van der Waals surface area contributed by atoms with Crippen LogP contribution in [0.1, 0.15) is 24.3 Å². The van der Waals surface area contributed by atoms with E-state index in [4.69, 9.17) is 9.47 Å².